The van der Waals surface area contributed by atoms with Crippen molar-refractivity contribution in [3.8, 4) is 29.2 Å². The zero-order valence-corrected chi connectivity index (χ0v) is 16.4. The van der Waals surface area contributed by atoms with Crippen molar-refractivity contribution in [2.45, 2.75) is 19.4 Å². The van der Waals surface area contributed by atoms with Gasteiger partial charge in [0.1, 0.15) is 11.6 Å². The molecule has 10 nitrogen and oxygen atoms in total. The topological polar surface area (TPSA) is 142 Å². The first kappa shape index (κ1) is 20.0. The summed E-state index contributed by atoms with van der Waals surface area (Å²) < 4.78 is 26.8. The summed E-state index contributed by atoms with van der Waals surface area (Å²) >= 11 is 0. The van der Waals surface area contributed by atoms with Crippen LogP contribution in [-0.4, -0.2) is 37.5 Å². The maximum Gasteiger partial charge on any atom is 0.308 e. The number of nitrogens with one attached hydrogen (secondary N) is 1. The molecule has 1 atom stereocenters. The lowest BCUT2D eigenvalue weighted by Crippen LogP contribution is -2.21. The first-order chi connectivity index (χ1) is 13.9. The SMILES string of the molecule is COCc1[nH]nc2c1C(c1cc(OC)c(OC(C)=O)c(OC)c1)C(C#N)=C(N)O2. The average Bonchev–Trinajstić information content (AvgIpc) is 3.09. The van der Waals surface area contributed by atoms with Gasteiger partial charge in [-0.2, -0.15) is 5.26 Å². The minimum Gasteiger partial charge on any atom is -0.493 e. The van der Waals surface area contributed by atoms with E-state index in [-0.39, 0.29) is 41.2 Å². The van der Waals surface area contributed by atoms with Crippen LogP contribution in [0, 0.1) is 11.3 Å². The maximum atomic E-state index is 11.5. The molecule has 3 rings (SSSR count). The summed E-state index contributed by atoms with van der Waals surface area (Å²) in [4.78, 5) is 11.5. The van der Waals surface area contributed by atoms with Crippen molar-refractivity contribution in [2.24, 2.45) is 5.73 Å². The summed E-state index contributed by atoms with van der Waals surface area (Å²) in [6.07, 6.45) is 0. The summed E-state index contributed by atoms with van der Waals surface area (Å²) in [5, 5.41) is 16.7. The third-order valence-corrected chi connectivity index (χ3v) is 4.37. The predicted molar refractivity (Wildman–Crippen MR) is 99.5 cm³/mol. The monoisotopic (exact) mass is 400 g/mol. The molecule has 1 aromatic heterocycles. The quantitative estimate of drug-likeness (QED) is 0.547. The molecule has 0 bridgehead atoms. The van der Waals surface area contributed by atoms with Crippen molar-refractivity contribution < 1.29 is 28.5 Å². The molecule has 1 unspecified atom stereocenters. The van der Waals surface area contributed by atoms with Crippen LogP contribution in [0.5, 0.6) is 23.1 Å². The Hall–Kier alpha value is -3.71. The lowest BCUT2D eigenvalue weighted by molar-refractivity contribution is -0.132. The number of H-pyrrole nitrogens is 1. The second-order valence-corrected chi connectivity index (χ2v) is 6.13. The molecule has 29 heavy (non-hydrogen) atoms. The summed E-state index contributed by atoms with van der Waals surface area (Å²) in [5.74, 6) is -0.296. The van der Waals surface area contributed by atoms with Gasteiger partial charge in [-0.25, -0.2) is 0 Å². The molecule has 1 aliphatic rings. The van der Waals surface area contributed by atoms with E-state index in [1.807, 2.05) is 0 Å². The molecule has 0 amide bonds. The number of hydrogen-bond donors (Lipinski definition) is 2. The number of esters is 1. The fraction of sp³-hybridized carbons (Fsp3) is 0.316. The average molecular weight is 400 g/mol. The van der Waals surface area contributed by atoms with Crippen LogP contribution in [0.25, 0.3) is 0 Å². The van der Waals surface area contributed by atoms with E-state index in [0.29, 0.717) is 16.8 Å². The number of ether oxygens (including phenoxy) is 5. The third-order valence-electron chi connectivity index (χ3n) is 4.37. The van der Waals surface area contributed by atoms with Crippen LogP contribution < -0.4 is 24.7 Å². The number of nitrogens with zero attached hydrogens (tertiary/aromatic N) is 2. The fourth-order valence-corrected chi connectivity index (χ4v) is 3.21. The molecule has 0 saturated carbocycles. The summed E-state index contributed by atoms with van der Waals surface area (Å²) in [7, 11) is 4.41. The molecule has 1 aromatic carbocycles. The van der Waals surface area contributed by atoms with Crippen LogP contribution in [0.4, 0.5) is 0 Å². The lowest BCUT2D eigenvalue weighted by atomic mass is 9.83. The van der Waals surface area contributed by atoms with Crippen LogP contribution in [0.3, 0.4) is 0 Å². The van der Waals surface area contributed by atoms with E-state index < -0.39 is 11.9 Å². The van der Waals surface area contributed by atoms with E-state index >= 15 is 0 Å². The van der Waals surface area contributed by atoms with E-state index in [9.17, 15) is 10.1 Å². The number of aromatic amines is 1. The van der Waals surface area contributed by atoms with Crippen molar-refractivity contribution >= 4 is 5.97 Å². The van der Waals surface area contributed by atoms with E-state index in [4.69, 9.17) is 29.4 Å². The van der Waals surface area contributed by atoms with E-state index in [0.717, 1.165) is 0 Å². The Balaban J connectivity index is 2.25. The van der Waals surface area contributed by atoms with Crippen molar-refractivity contribution in [1.82, 2.24) is 10.2 Å². The molecule has 10 heteroatoms. The second-order valence-electron chi connectivity index (χ2n) is 6.13. The fourth-order valence-electron chi connectivity index (χ4n) is 3.21. The van der Waals surface area contributed by atoms with Gasteiger partial charge in [-0.3, -0.25) is 9.89 Å². The smallest absolute Gasteiger partial charge is 0.308 e. The number of nitriles is 1. The molecule has 2 aromatic rings. The van der Waals surface area contributed by atoms with Crippen LogP contribution in [0.15, 0.2) is 23.6 Å². The van der Waals surface area contributed by atoms with Gasteiger partial charge in [0.15, 0.2) is 11.5 Å². The van der Waals surface area contributed by atoms with Crippen molar-refractivity contribution in [1.29, 1.82) is 5.26 Å². The Labute approximate surface area is 166 Å². The summed E-state index contributed by atoms with van der Waals surface area (Å²) in [6.45, 7) is 1.50. The summed E-state index contributed by atoms with van der Waals surface area (Å²) in [5.41, 5.74) is 8.02. The lowest BCUT2D eigenvalue weighted by Gasteiger charge is -2.25. The molecule has 0 radical (unpaired) electrons. The van der Waals surface area contributed by atoms with Gasteiger partial charge < -0.3 is 29.4 Å². The first-order valence-electron chi connectivity index (χ1n) is 8.53. The van der Waals surface area contributed by atoms with Crippen molar-refractivity contribution in [3.63, 3.8) is 0 Å². The second kappa shape index (κ2) is 8.12. The zero-order chi connectivity index (χ0) is 21.1. The largest absolute Gasteiger partial charge is 0.493 e. The van der Waals surface area contributed by atoms with Gasteiger partial charge in [0, 0.05) is 14.0 Å². The van der Waals surface area contributed by atoms with Crippen LogP contribution in [-0.2, 0) is 16.1 Å². The van der Waals surface area contributed by atoms with Gasteiger partial charge in [-0.05, 0) is 17.7 Å². The molecule has 1 aliphatic heterocycles. The molecule has 3 N–H and O–H groups in total. The Morgan fingerprint density at radius 2 is 1.97 bits per heavy atom. The van der Waals surface area contributed by atoms with Crippen LogP contribution in [0.2, 0.25) is 0 Å². The van der Waals surface area contributed by atoms with Gasteiger partial charge in [0.25, 0.3) is 0 Å². The number of carbonyl (C=O) groups excluding carboxylic acids is 1. The number of hydrogen-bond acceptors (Lipinski definition) is 9. The summed E-state index contributed by atoms with van der Waals surface area (Å²) in [6, 6.07) is 5.40. The Morgan fingerprint density at radius 1 is 1.31 bits per heavy atom. The Morgan fingerprint density at radius 3 is 2.48 bits per heavy atom. The zero-order valence-electron chi connectivity index (χ0n) is 16.4. The van der Waals surface area contributed by atoms with E-state index in [1.165, 1.54) is 21.1 Å². The molecular weight excluding hydrogens is 380 g/mol. The first-order valence-corrected chi connectivity index (χ1v) is 8.53. The van der Waals surface area contributed by atoms with E-state index in [1.54, 1.807) is 19.2 Å². The highest BCUT2D eigenvalue weighted by molar-refractivity contribution is 5.73. The molecule has 0 aliphatic carbocycles. The van der Waals surface area contributed by atoms with Gasteiger partial charge in [-0.15, -0.1) is 5.10 Å². The molecule has 2 heterocycles. The number of fused-ring (bicyclic) bond motifs is 1. The number of rotatable bonds is 6. The highest BCUT2D eigenvalue weighted by atomic mass is 16.6. The van der Waals surface area contributed by atoms with Crippen molar-refractivity contribution in [3.05, 3.63) is 40.4 Å². The number of allylic oxidation sites excluding steroid dienone is 1. The Bertz CT molecular complexity index is 995. The van der Waals surface area contributed by atoms with Gasteiger partial charge in [-0.1, -0.05) is 0 Å². The minimum absolute atomic E-state index is 0.0533. The normalized spacial score (nSPS) is 15.2. The predicted octanol–water partition coefficient (Wildman–Crippen LogP) is 1.72. The van der Waals surface area contributed by atoms with Crippen LogP contribution >= 0.6 is 0 Å². The number of methoxy groups -OCH3 is 3. The van der Waals surface area contributed by atoms with Gasteiger partial charge in [0.05, 0.1) is 38.0 Å². The molecular formula is C19H20N4O6. The highest BCUT2D eigenvalue weighted by Crippen LogP contribution is 2.47. The maximum absolute atomic E-state index is 11.5. The number of aromatic nitrogens is 2. The van der Waals surface area contributed by atoms with E-state index in [2.05, 4.69) is 16.3 Å². The number of carbonyl (C=O) groups is 1. The standard InChI is InChI=1S/C19H20N4O6/c1-9(24)28-17-13(26-3)5-10(6-14(17)27-4)15-11(7-20)18(21)29-19-16(15)12(8-25-2)22-23-19/h5-6,15H,8,21H2,1-4H3,(H,22,23). The van der Waals surface area contributed by atoms with Gasteiger partial charge >= 0.3 is 5.97 Å². The minimum atomic E-state index is -0.623. The molecule has 0 spiro atoms. The number of nitrogens with two attached hydrogens (primary N) is 1. The molecule has 0 fully saturated rings. The van der Waals surface area contributed by atoms with Crippen LogP contribution in [0.1, 0.15) is 29.7 Å². The van der Waals surface area contributed by atoms with Crippen molar-refractivity contribution in [2.75, 3.05) is 21.3 Å². The molecule has 152 valence electrons. The Kier molecular flexibility index (Phi) is 5.61. The third kappa shape index (κ3) is 3.55. The highest BCUT2D eigenvalue weighted by Gasteiger charge is 2.36. The van der Waals surface area contributed by atoms with Gasteiger partial charge in [0.2, 0.25) is 17.5 Å². The molecule has 0 saturated heterocycles. The number of benzene rings is 1.